The predicted molar refractivity (Wildman–Crippen MR) is 94.0 cm³/mol. The van der Waals surface area contributed by atoms with E-state index in [9.17, 15) is 9.59 Å². The standard InChI is InChI=1S/C18H17ClN2O3/c1-24-16-9-4-12(11-15(16)19)18(23)20-13-5-7-14(8-6-13)21-10-2-3-17(21)22/h4-9,11H,2-3,10H2,1H3,(H,20,23). The number of methoxy groups -OCH3 is 1. The van der Waals surface area contributed by atoms with Crippen molar-refractivity contribution in [1.82, 2.24) is 0 Å². The minimum atomic E-state index is -0.260. The fourth-order valence-corrected chi connectivity index (χ4v) is 2.91. The lowest BCUT2D eigenvalue weighted by molar-refractivity contribution is -0.117. The van der Waals surface area contributed by atoms with Crippen molar-refractivity contribution >= 4 is 34.8 Å². The Hall–Kier alpha value is -2.53. The lowest BCUT2D eigenvalue weighted by Crippen LogP contribution is -2.23. The van der Waals surface area contributed by atoms with Gasteiger partial charge in [-0.05, 0) is 48.9 Å². The molecule has 1 aliphatic rings. The summed E-state index contributed by atoms with van der Waals surface area (Å²) < 4.78 is 5.07. The highest BCUT2D eigenvalue weighted by Gasteiger charge is 2.21. The van der Waals surface area contributed by atoms with E-state index in [1.54, 1.807) is 35.2 Å². The molecule has 0 aromatic heterocycles. The van der Waals surface area contributed by atoms with Crippen LogP contribution in [0.15, 0.2) is 42.5 Å². The van der Waals surface area contributed by atoms with Crippen LogP contribution in [0.2, 0.25) is 5.02 Å². The number of carbonyl (C=O) groups excluding carboxylic acids is 2. The van der Waals surface area contributed by atoms with E-state index in [2.05, 4.69) is 5.32 Å². The Morgan fingerprint density at radius 1 is 1.21 bits per heavy atom. The molecule has 5 nitrogen and oxygen atoms in total. The van der Waals surface area contributed by atoms with Crippen molar-refractivity contribution in [3.63, 3.8) is 0 Å². The summed E-state index contributed by atoms with van der Waals surface area (Å²) in [5, 5.41) is 3.19. The summed E-state index contributed by atoms with van der Waals surface area (Å²) in [6.45, 7) is 0.745. The van der Waals surface area contributed by atoms with Crippen LogP contribution in [-0.2, 0) is 4.79 Å². The molecule has 0 bridgehead atoms. The summed E-state index contributed by atoms with van der Waals surface area (Å²) in [7, 11) is 1.52. The van der Waals surface area contributed by atoms with Crippen molar-refractivity contribution in [2.45, 2.75) is 12.8 Å². The van der Waals surface area contributed by atoms with Crippen LogP contribution in [0.4, 0.5) is 11.4 Å². The average Bonchev–Trinajstić information content (AvgIpc) is 3.01. The van der Waals surface area contributed by atoms with Crippen molar-refractivity contribution in [3.05, 3.63) is 53.1 Å². The molecule has 0 saturated carbocycles. The van der Waals surface area contributed by atoms with Gasteiger partial charge in [-0.1, -0.05) is 11.6 Å². The fraction of sp³-hybridized carbons (Fsp3) is 0.222. The van der Waals surface area contributed by atoms with Gasteiger partial charge < -0.3 is 15.0 Å². The van der Waals surface area contributed by atoms with Gasteiger partial charge in [-0.25, -0.2) is 0 Å². The first-order chi connectivity index (χ1) is 11.6. The van der Waals surface area contributed by atoms with Crippen molar-refractivity contribution in [1.29, 1.82) is 0 Å². The molecule has 0 spiro atoms. The summed E-state index contributed by atoms with van der Waals surface area (Å²) in [5.41, 5.74) is 1.95. The lowest BCUT2D eigenvalue weighted by Gasteiger charge is -2.16. The Morgan fingerprint density at radius 2 is 1.96 bits per heavy atom. The monoisotopic (exact) mass is 344 g/mol. The molecular weight excluding hydrogens is 328 g/mol. The minimum Gasteiger partial charge on any atom is -0.495 e. The lowest BCUT2D eigenvalue weighted by atomic mass is 10.2. The molecule has 0 atom stereocenters. The van der Waals surface area contributed by atoms with E-state index in [1.807, 2.05) is 12.1 Å². The third-order valence-electron chi connectivity index (χ3n) is 3.92. The summed E-state index contributed by atoms with van der Waals surface area (Å²) in [4.78, 5) is 25.8. The number of nitrogens with zero attached hydrogens (tertiary/aromatic N) is 1. The maximum absolute atomic E-state index is 12.3. The number of ether oxygens (including phenoxy) is 1. The quantitative estimate of drug-likeness (QED) is 0.919. The Labute approximate surface area is 145 Å². The van der Waals surface area contributed by atoms with Gasteiger partial charge >= 0.3 is 0 Å². The number of benzene rings is 2. The molecule has 0 radical (unpaired) electrons. The molecule has 3 rings (SSSR count). The largest absolute Gasteiger partial charge is 0.495 e. The molecule has 1 fully saturated rings. The van der Waals surface area contributed by atoms with E-state index in [1.165, 1.54) is 7.11 Å². The third-order valence-corrected chi connectivity index (χ3v) is 4.22. The van der Waals surface area contributed by atoms with E-state index in [0.717, 1.165) is 18.7 Å². The van der Waals surface area contributed by atoms with Crippen LogP contribution in [0.3, 0.4) is 0 Å². The second kappa shape index (κ2) is 6.93. The maximum Gasteiger partial charge on any atom is 0.255 e. The molecule has 1 aliphatic heterocycles. The number of halogens is 1. The Balaban J connectivity index is 1.70. The Kier molecular flexibility index (Phi) is 4.71. The zero-order chi connectivity index (χ0) is 17.1. The van der Waals surface area contributed by atoms with Crippen LogP contribution in [0.5, 0.6) is 5.75 Å². The molecule has 6 heteroatoms. The normalized spacial score (nSPS) is 13.9. The highest BCUT2D eigenvalue weighted by molar-refractivity contribution is 6.32. The number of rotatable bonds is 4. The number of hydrogen-bond acceptors (Lipinski definition) is 3. The van der Waals surface area contributed by atoms with Gasteiger partial charge in [-0.3, -0.25) is 9.59 Å². The van der Waals surface area contributed by atoms with Crippen LogP contribution in [0.25, 0.3) is 0 Å². The van der Waals surface area contributed by atoms with Crippen LogP contribution < -0.4 is 15.0 Å². The SMILES string of the molecule is COc1ccc(C(=O)Nc2ccc(N3CCCC3=O)cc2)cc1Cl. The molecule has 1 heterocycles. The van der Waals surface area contributed by atoms with Crippen LogP contribution >= 0.6 is 11.6 Å². The third kappa shape index (κ3) is 3.36. The second-order valence-corrected chi connectivity index (χ2v) is 5.91. The molecule has 0 aliphatic carbocycles. The number of anilines is 2. The zero-order valence-electron chi connectivity index (χ0n) is 13.2. The number of amides is 2. The predicted octanol–water partition coefficient (Wildman–Crippen LogP) is 3.73. The van der Waals surface area contributed by atoms with E-state index in [-0.39, 0.29) is 11.8 Å². The average molecular weight is 345 g/mol. The first-order valence-corrected chi connectivity index (χ1v) is 8.01. The van der Waals surface area contributed by atoms with Gasteiger partial charge in [0.25, 0.3) is 5.91 Å². The van der Waals surface area contributed by atoms with Crippen LogP contribution in [-0.4, -0.2) is 25.5 Å². The number of carbonyl (C=O) groups is 2. The first kappa shape index (κ1) is 16.3. The van der Waals surface area contributed by atoms with Gasteiger partial charge in [-0.15, -0.1) is 0 Å². The maximum atomic E-state index is 12.3. The Morgan fingerprint density at radius 3 is 2.54 bits per heavy atom. The van der Waals surface area contributed by atoms with Crippen molar-refractivity contribution in [2.75, 3.05) is 23.9 Å². The van der Waals surface area contributed by atoms with Crippen molar-refractivity contribution in [3.8, 4) is 5.75 Å². The molecule has 124 valence electrons. The topological polar surface area (TPSA) is 58.6 Å². The Bertz CT molecular complexity index is 774. The smallest absolute Gasteiger partial charge is 0.255 e. The first-order valence-electron chi connectivity index (χ1n) is 7.64. The van der Waals surface area contributed by atoms with Crippen molar-refractivity contribution < 1.29 is 14.3 Å². The van der Waals surface area contributed by atoms with Gasteiger partial charge in [-0.2, -0.15) is 0 Å². The molecule has 1 N–H and O–H groups in total. The molecular formula is C18H17ClN2O3. The van der Waals surface area contributed by atoms with Gasteiger partial charge in [0.2, 0.25) is 5.91 Å². The van der Waals surface area contributed by atoms with Gasteiger partial charge in [0.15, 0.2) is 0 Å². The van der Waals surface area contributed by atoms with Gasteiger partial charge in [0.05, 0.1) is 12.1 Å². The van der Waals surface area contributed by atoms with Gasteiger partial charge in [0, 0.05) is 29.9 Å². The molecule has 2 aromatic rings. The van der Waals surface area contributed by atoms with Crippen LogP contribution in [0, 0.1) is 0 Å². The van der Waals surface area contributed by atoms with E-state index in [4.69, 9.17) is 16.3 Å². The molecule has 1 saturated heterocycles. The summed E-state index contributed by atoms with van der Waals surface area (Å²) >= 11 is 6.04. The van der Waals surface area contributed by atoms with E-state index >= 15 is 0 Å². The van der Waals surface area contributed by atoms with Gasteiger partial charge in [0.1, 0.15) is 5.75 Å². The molecule has 24 heavy (non-hydrogen) atoms. The highest BCUT2D eigenvalue weighted by Crippen LogP contribution is 2.26. The fourth-order valence-electron chi connectivity index (χ4n) is 2.66. The molecule has 0 unspecified atom stereocenters. The number of nitrogens with one attached hydrogen (secondary N) is 1. The van der Waals surface area contributed by atoms with E-state index < -0.39 is 0 Å². The second-order valence-electron chi connectivity index (χ2n) is 5.50. The molecule has 2 aromatic carbocycles. The summed E-state index contributed by atoms with van der Waals surface area (Å²) in [6.07, 6.45) is 1.48. The zero-order valence-corrected chi connectivity index (χ0v) is 14.0. The van der Waals surface area contributed by atoms with Crippen LogP contribution in [0.1, 0.15) is 23.2 Å². The minimum absolute atomic E-state index is 0.139. The summed E-state index contributed by atoms with van der Waals surface area (Å²) in [6, 6.07) is 12.1. The highest BCUT2D eigenvalue weighted by atomic mass is 35.5. The number of hydrogen-bond donors (Lipinski definition) is 1. The van der Waals surface area contributed by atoms with Crippen molar-refractivity contribution in [2.24, 2.45) is 0 Å². The van der Waals surface area contributed by atoms with E-state index in [0.29, 0.717) is 28.4 Å². The molecule has 2 amide bonds. The summed E-state index contributed by atoms with van der Waals surface area (Å²) in [5.74, 6) is 0.400.